The lowest BCUT2D eigenvalue weighted by atomic mass is 10.1. The van der Waals surface area contributed by atoms with Gasteiger partial charge in [0.15, 0.2) is 11.5 Å². The number of halogens is 3. The number of benzene rings is 2. The van der Waals surface area contributed by atoms with Gasteiger partial charge in [0.05, 0.1) is 24.3 Å². The highest BCUT2D eigenvalue weighted by Gasteiger charge is 2.12. The molecule has 0 aliphatic carbocycles. The molecular formula is C20H18BrF2N3O4. The number of nitrogens with one attached hydrogen (secondary N) is 1. The maximum Gasteiger partial charge on any atom is 0.387 e. The van der Waals surface area contributed by atoms with Crippen LogP contribution in [-0.4, -0.2) is 35.7 Å². The van der Waals surface area contributed by atoms with Gasteiger partial charge < -0.3 is 14.8 Å². The molecule has 0 aliphatic rings. The van der Waals surface area contributed by atoms with Gasteiger partial charge in [-0.15, -0.1) is 0 Å². The highest BCUT2D eigenvalue weighted by atomic mass is 79.9. The van der Waals surface area contributed by atoms with Gasteiger partial charge in [-0.2, -0.15) is 8.78 Å². The maximum absolute atomic E-state index is 12.5. The predicted molar refractivity (Wildman–Crippen MR) is 110 cm³/mol. The first kappa shape index (κ1) is 21.7. The number of hydrogen-bond donors (Lipinski definition) is 1. The number of ether oxygens (including phenoxy) is 2. The number of rotatable bonds is 8. The molecule has 0 fully saturated rings. The van der Waals surface area contributed by atoms with Gasteiger partial charge in [-0.05, 0) is 42.3 Å². The molecule has 30 heavy (non-hydrogen) atoms. The molecule has 1 N–H and O–H groups in total. The number of carbonyl (C=O) groups excluding carboxylic acids is 1. The minimum absolute atomic E-state index is 0.0729. The van der Waals surface area contributed by atoms with E-state index in [1.165, 1.54) is 30.1 Å². The van der Waals surface area contributed by atoms with E-state index in [0.29, 0.717) is 22.9 Å². The lowest BCUT2D eigenvalue weighted by molar-refractivity contribution is -0.121. The summed E-state index contributed by atoms with van der Waals surface area (Å²) >= 11 is 3.31. The molecule has 0 radical (unpaired) electrons. The zero-order valence-corrected chi connectivity index (χ0v) is 17.5. The number of methoxy groups -OCH3 is 1. The molecule has 0 unspecified atom stereocenters. The second-order valence-corrected chi connectivity index (χ2v) is 7.22. The number of alkyl halides is 2. The topological polar surface area (TPSA) is 82.5 Å². The SMILES string of the molecule is COc1ccc(CCNC(=O)Cn2cnc3ccc(Br)cc3c2=O)cc1OC(F)F. The molecule has 0 bridgehead atoms. The summed E-state index contributed by atoms with van der Waals surface area (Å²) in [5.74, 6) is -0.250. The Morgan fingerprint density at radius 3 is 2.77 bits per heavy atom. The summed E-state index contributed by atoms with van der Waals surface area (Å²) in [4.78, 5) is 28.9. The molecular weight excluding hydrogens is 464 g/mol. The minimum Gasteiger partial charge on any atom is -0.493 e. The summed E-state index contributed by atoms with van der Waals surface area (Å²) in [6.45, 7) is -2.90. The van der Waals surface area contributed by atoms with Crippen LogP contribution in [0.5, 0.6) is 11.5 Å². The van der Waals surface area contributed by atoms with E-state index in [9.17, 15) is 18.4 Å². The number of carbonyl (C=O) groups is 1. The van der Waals surface area contributed by atoms with Crippen LogP contribution in [0.3, 0.4) is 0 Å². The summed E-state index contributed by atoms with van der Waals surface area (Å²) < 4.78 is 36.4. The first-order chi connectivity index (χ1) is 14.4. The molecule has 2 aromatic carbocycles. The largest absolute Gasteiger partial charge is 0.493 e. The van der Waals surface area contributed by atoms with Crippen LogP contribution in [0.25, 0.3) is 10.9 Å². The number of amides is 1. The van der Waals surface area contributed by atoms with E-state index in [1.54, 1.807) is 24.3 Å². The molecule has 0 saturated heterocycles. The van der Waals surface area contributed by atoms with Crippen LogP contribution in [0.2, 0.25) is 0 Å². The molecule has 0 spiro atoms. The molecule has 0 atom stereocenters. The van der Waals surface area contributed by atoms with Crippen LogP contribution < -0.4 is 20.3 Å². The van der Waals surface area contributed by atoms with Crippen LogP contribution in [0.4, 0.5) is 8.78 Å². The second kappa shape index (κ2) is 9.66. The third-order valence-electron chi connectivity index (χ3n) is 4.28. The van der Waals surface area contributed by atoms with Gasteiger partial charge in [-0.1, -0.05) is 22.0 Å². The Labute approximate surface area is 178 Å². The molecule has 3 rings (SSSR count). The third kappa shape index (κ3) is 5.32. The smallest absolute Gasteiger partial charge is 0.387 e. The van der Waals surface area contributed by atoms with Crippen LogP contribution in [0.1, 0.15) is 5.56 Å². The van der Waals surface area contributed by atoms with Gasteiger partial charge >= 0.3 is 6.61 Å². The van der Waals surface area contributed by atoms with Gasteiger partial charge in [0.1, 0.15) is 6.54 Å². The molecule has 10 heteroatoms. The van der Waals surface area contributed by atoms with Crippen molar-refractivity contribution < 1.29 is 23.0 Å². The van der Waals surface area contributed by atoms with Gasteiger partial charge in [0, 0.05) is 11.0 Å². The van der Waals surface area contributed by atoms with E-state index in [1.807, 2.05) is 0 Å². The fraction of sp³-hybridized carbons (Fsp3) is 0.250. The van der Waals surface area contributed by atoms with E-state index in [4.69, 9.17) is 4.74 Å². The van der Waals surface area contributed by atoms with E-state index in [2.05, 4.69) is 31.0 Å². The lowest BCUT2D eigenvalue weighted by Gasteiger charge is -2.12. The monoisotopic (exact) mass is 481 g/mol. The Morgan fingerprint density at radius 1 is 1.23 bits per heavy atom. The average molecular weight is 482 g/mol. The van der Waals surface area contributed by atoms with Crippen molar-refractivity contribution in [3.05, 3.63) is 63.1 Å². The van der Waals surface area contributed by atoms with Crippen LogP contribution >= 0.6 is 15.9 Å². The van der Waals surface area contributed by atoms with Gasteiger partial charge in [-0.3, -0.25) is 14.2 Å². The van der Waals surface area contributed by atoms with Gasteiger partial charge in [0.25, 0.3) is 5.56 Å². The molecule has 7 nitrogen and oxygen atoms in total. The fourth-order valence-electron chi connectivity index (χ4n) is 2.87. The molecule has 1 amide bonds. The van der Waals surface area contributed by atoms with E-state index >= 15 is 0 Å². The predicted octanol–water partition coefficient (Wildman–Crippen LogP) is 3.13. The Bertz CT molecular complexity index is 1120. The van der Waals surface area contributed by atoms with Gasteiger partial charge in [-0.25, -0.2) is 4.98 Å². The summed E-state index contributed by atoms with van der Waals surface area (Å²) in [5.41, 5.74) is 0.905. The highest BCUT2D eigenvalue weighted by molar-refractivity contribution is 9.10. The number of aromatic nitrogens is 2. The van der Waals surface area contributed by atoms with Crippen molar-refractivity contribution in [3.63, 3.8) is 0 Å². The normalized spacial score (nSPS) is 11.0. The number of nitrogens with zero attached hydrogens (tertiary/aromatic N) is 2. The van der Waals surface area contributed by atoms with Crippen molar-refractivity contribution >= 4 is 32.7 Å². The van der Waals surface area contributed by atoms with E-state index in [-0.39, 0.29) is 36.1 Å². The van der Waals surface area contributed by atoms with Crippen molar-refractivity contribution in [2.75, 3.05) is 13.7 Å². The highest BCUT2D eigenvalue weighted by Crippen LogP contribution is 2.29. The zero-order chi connectivity index (χ0) is 21.7. The zero-order valence-electron chi connectivity index (χ0n) is 15.9. The molecule has 0 saturated carbocycles. The first-order valence-corrected chi connectivity index (χ1v) is 9.70. The quantitative estimate of drug-likeness (QED) is 0.534. The molecule has 158 valence electrons. The van der Waals surface area contributed by atoms with Crippen LogP contribution in [0.15, 0.2) is 52.0 Å². The standard InChI is InChI=1S/C20H18BrF2N3O4/c1-29-16-5-2-12(8-17(16)30-20(22)23)6-7-24-18(27)10-26-11-25-15-4-3-13(21)9-14(15)19(26)28/h2-5,8-9,11,20H,6-7,10H2,1H3,(H,24,27). The summed E-state index contributed by atoms with van der Waals surface area (Å²) in [7, 11) is 1.36. The molecule has 1 aromatic heterocycles. The Kier molecular flexibility index (Phi) is 6.99. The van der Waals surface area contributed by atoms with Crippen molar-refractivity contribution in [1.29, 1.82) is 0 Å². The lowest BCUT2D eigenvalue weighted by Crippen LogP contribution is -2.33. The van der Waals surface area contributed by atoms with E-state index < -0.39 is 6.61 Å². The van der Waals surface area contributed by atoms with Crippen LogP contribution in [-0.2, 0) is 17.8 Å². The van der Waals surface area contributed by atoms with E-state index in [0.717, 1.165) is 4.47 Å². The number of hydrogen-bond acceptors (Lipinski definition) is 5. The van der Waals surface area contributed by atoms with Crippen molar-refractivity contribution in [1.82, 2.24) is 14.9 Å². The minimum atomic E-state index is -2.97. The second-order valence-electron chi connectivity index (χ2n) is 6.30. The first-order valence-electron chi connectivity index (χ1n) is 8.90. The Hall–Kier alpha value is -3.01. The summed E-state index contributed by atoms with van der Waals surface area (Å²) in [6, 6.07) is 9.80. The maximum atomic E-state index is 12.5. The van der Waals surface area contributed by atoms with Crippen molar-refractivity contribution in [2.45, 2.75) is 19.6 Å². The van der Waals surface area contributed by atoms with Crippen molar-refractivity contribution in [2.24, 2.45) is 0 Å². The van der Waals surface area contributed by atoms with Crippen LogP contribution in [0, 0.1) is 0 Å². The third-order valence-corrected chi connectivity index (χ3v) is 4.77. The van der Waals surface area contributed by atoms with Gasteiger partial charge in [0.2, 0.25) is 5.91 Å². The molecule has 0 aliphatic heterocycles. The summed E-state index contributed by atoms with van der Waals surface area (Å²) in [6.07, 6.45) is 1.71. The Morgan fingerprint density at radius 2 is 2.03 bits per heavy atom. The number of fused-ring (bicyclic) bond motifs is 1. The summed E-state index contributed by atoms with van der Waals surface area (Å²) in [5, 5.41) is 3.11. The Balaban J connectivity index is 1.61. The fourth-order valence-corrected chi connectivity index (χ4v) is 3.23. The molecule has 1 heterocycles. The van der Waals surface area contributed by atoms with Crippen molar-refractivity contribution in [3.8, 4) is 11.5 Å². The average Bonchev–Trinajstić information content (AvgIpc) is 2.70. The molecule has 3 aromatic rings.